The van der Waals surface area contributed by atoms with Gasteiger partial charge in [-0.05, 0) is 12.8 Å². The molecule has 0 rings (SSSR count). The van der Waals surface area contributed by atoms with Crippen molar-refractivity contribution in [3.8, 4) is 0 Å². The van der Waals surface area contributed by atoms with Gasteiger partial charge in [-0.3, -0.25) is 13.8 Å². The van der Waals surface area contributed by atoms with Gasteiger partial charge in [-0.1, -0.05) is 226 Å². The van der Waals surface area contributed by atoms with Gasteiger partial charge in [-0.2, -0.15) is 0 Å². The molecular weight excluding hydrogens is 683 g/mol. The van der Waals surface area contributed by atoms with E-state index in [0.29, 0.717) is 12.8 Å². The van der Waals surface area contributed by atoms with Crippen molar-refractivity contribution in [2.75, 3.05) is 19.8 Å². The van der Waals surface area contributed by atoms with E-state index < -0.39 is 20.0 Å². The Kier molecular flexibility index (Phi) is 40.8. The fourth-order valence-electron chi connectivity index (χ4n) is 7.20. The van der Waals surface area contributed by atoms with Gasteiger partial charge < -0.3 is 21.1 Å². The van der Waals surface area contributed by atoms with E-state index in [9.17, 15) is 19.4 Å². The second-order valence-electron chi connectivity index (χ2n) is 16.0. The minimum atomic E-state index is -4.31. The molecule has 1 amide bonds. The van der Waals surface area contributed by atoms with Gasteiger partial charge in [0.05, 0.1) is 25.4 Å². The van der Waals surface area contributed by atoms with Gasteiger partial charge in [0.1, 0.15) is 0 Å². The number of carbonyl (C=O) groups is 1. The lowest BCUT2D eigenvalue weighted by molar-refractivity contribution is -0.123. The van der Waals surface area contributed by atoms with Crippen LogP contribution >= 0.6 is 7.82 Å². The lowest BCUT2D eigenvalue weighted by Crippen LogP contribution is -2.46. The second-order valence-corrected chi connectivity index (χ2v) is 17.4. The fraction of sp³-hybridized carbons (Fsp3) is 0.977. The zero-order valence-electron chi connectivity index (χ0n) is 35.3. The molecule has 5 N–H and O–H groups in total. The molecule has 9 heteroatoms. The lowest BCUT2D eigenvalue weighted by Gasteiger charge is -2.25. The summed E-state index contributed by atoms with van der Waals surface area (Å²) >= 11 is 0. The number of amides is 1. The molecule has 0 aromatic carbocycles. The number of phosphoric acid groups is 1. The molecule has 3 atom stereocenters. The molecule has 0 fully saturated rings. The zero-order valence-corrected chi connectivity index (χ0v) is 36.2. The molecule has 0 aromatic heterocycles. The smallest absolute Gasteiger partial charge is 0.391 e. The summed E-state index contributed by atoms with van der Waals surface area (Å²) in [5.41, 5.74) is 5.39. The fourth-order valence-corrected chi connectivity index (χ4v) is 7.96. The zero-order chi connectivity index (χ0) is 38.9. The summed E-state index contributed by atoms with van der Waals surface area (Å²) in [4.78, 5) is 22.8. The number of carbonyl (C=O) groups excluding carboxylic acids is 1. The summed E-state index contributed by atoms with van der Waals surface area (Å²) in [6, 6.07) is -0.767. The van der Waals surface area contributed by atoms with Crippen LogP contribution in [-0.2, 0) is 18.4 Å². The standard InChI is InChI=1S/C44H91N2O6P/c1-3-5-7-9-11-13-15-17-19-21-22-24-26-28-30-32-34-36-38-44(48)46-42(41-52-53(49,50)51-40-39-45)43(47)37-35-33-31-29-27-25-23-20-18-16-14-12-10-8-6-4-2/h42-43,47H,3-41,45H2,1-2H3,(H,46,48)(H,49,50). The number of unbranched alkanes of at least 4 members (excludes halogenated alkanes) is 32. The maximum atomic E-state index is 12.8. The van der Waals surface area contributed by atoms with Gasteiger partial charge in [0, 0.05) is 13.0 Å². The highest BCUT2D eigenvalue weighted by molar-refractivity contribution is 7.47. The summed E-state index contributed by atoms with van der Waals surface area (Å²) in [6.45, 7) is 4.25. The van der Waals surface area contributed by atoms with Gasteiger partial charge in [0.2, 0.25) is 5.91 Å². The number of nitrogens with two attached hydrogens (primary N) is 1. The van der Waals surface area contributed by atoms with Crippen molar-refractivity contribution in [1.82, 2.24) is 5.32 Å². The summed E-state index contributed by atoms with van der Waals surface area (Å²) < 4.78 is 22.2. The topological polar surface area (TPSA) is 131 Å². The highest BCUT2D eigenvalue weighted by Crippen LogP contribution is 2.43. The minimum Gasteiger partial charge on any atom is -0.391 e. The van der Waals surface area contributed by atoms with Crippen LogP contribution in [-0.4, -0.2) is 47.8 Å². The number of aliphatic hydroxyl groups is 1. The SMILES string of the molecule is CCCCCCCCCCCCCCCCCCCCC(=O)NC(COP(=O)(O)OCCN)C(O)CCCCCCCCCCCCCCCCCC. The van der Waals surface area contributed by atoms with E-state index in [2.05, 4.69) is 19.2 Å². The average Bonchev–Trinajstić information content (AvgIpc) is 3.14. The molecule has 0 bridgehead atoms. The molecule has 0 heterocycles. The maximum absolute atomic E-state index is 12.8. The molecule has 0 saturated carbocycles. The number of nitrogens with one attached hydrogen (secondary N) is 1. The third kappa shape index (κ3) is 39.5. The van der Waals surface area contributed by atoms with Crippen LogP contribution in [0.1, 0.15) is 245 Å². The molecule has 0 aliphatic heterocycles. The largest absolute Gasteiger partial charge is 0.472 e. The van der Waals surface area contributed by atoms with E-state index in [1.54, 1.807) is 0 Å². The maximum Gasteiger partial charge on any atom is 0.472 e. The van der Waals surface area contributed by atoms with E-state index in [-0.39, 0.29) is 25.7 Å². The Labute approximate surface area is 329 Å². The summed E-state index contributed by atoms with van der Waals surface area (Å²) in [7, 11) is -4.31. The Hall–Kier alpha value is -0.500. The first-order valence-electron chi connectivity index (χ1n) is 23.2. The van der Waals surface area contributed by atoms with Crippen molar-refractivity contribution in [3.63, 3.8) is 0 Å². The molecule has 3 unspecified atom stereocenters. The molecular formula is C44H91N2O6P. The lowest BCUT2D eigenvalue weighted by atomic mass is 10.0. The molecule has 0 aliphatic rings. The Bertz CT molecular complexity index is 804. The van der Waals surface area contributed by atoms with Crippen LogP contribution < -0.4 is 11.1 Å². The van der Waals surface area contributed by atoms with Gasteiger partial charge in [0.25, 0.3) is 0 Å². The minimum absolute atomic E-state index is 0.0926. The van der Waals surface area contributed by atoms with Gasteiger partial charge in [0.15, 0.2) is 0 Å². The third-order valence-corrected chi connectivity index (χ3v) is 11.7. The Morgan fingerprint density at radius 1 is 0.547 bits per heavy atom. The quantitative estimate of drug-likeness (QED) is 0.0358. The molecule has 8 nitrogen and oxygen atoms in total. The van der Waals surface area contributed by atoms with E-state index in [1.807, 2.05) is 0 Å². The van der Waals surface area contributed by atoms with Gasteiger partial charge >= 0.3 is 7.82 Å². The summed E-state index contributed by atoms with van der Waals surface area (Å²) in [5.74, 6) is -0.156. The Morgan fingerprint density at radius 3 is 1.21 bits per heavy atom. The molecule has 0 aliphatic carbocycles. The number of phosphoric ester groups is 1. The first kappa shape index (κ1) is 52.5. The molecule has 0 aromatic rings. The number of hydrogen-bond acceptors (Lipinski definition) is 6. The van der Waals surface area contributed by atoms with Crippen LogP contribution in [0.3, 0.4) is 0 Å². The second kappa shape index (κ2) is 41.1. The van der Waals surface area contributed by atoms with E-state index in [1.165, 1.54) is 180 Å². The van der Waals surface area contributed by atoms with Crippen molar-refractivity contribution in [3.05, 3.63) is 0 Å². The van der Waals surface area contributed by atoms with Gasteiger partial charge in [-0.25, -0.2) is 4.57 Å². The molecule has 0 radical (unpaired) electrons. The van der Waals surface area contributed by atoms with Crippen LogP contribution in [0.2, 0.25) is 0 Å². The van der Waals surface area contributed by atoms with Crippen LogP contribution in [0.15, 0.2) is 0 Å². The van der Waals surface area contributed by atoms with Crippen molar-refractivity contribution in [1.29, 1.82) is 0 Å². The van der Waals surface area contributed by atoms with E-state index in [0.717, 1.165) is 38.5 Å². The molecule has 0 saturated heterocycles. The first-order valence-corrected chi connectivity index (χ1v) is 24.6. The molecule has 53 heavy (non-hydrogen) atoms. The van der Waals surface area contributed by atoms with Crippen LogP contribution in [0, 0.1) is 0 Å². The van der Waals surface area contributed by atoms with Crippen molar-refractivity contribution >= 4 is 13.7 Å². The first-order chi connectivity index (χ1) is 25.9. The van der Waals surface area contributed by atoms with Crippen LogP contribution in [0.5, 0.6) is 0 Å². The number of rotatable bonds is 44. The Balaban J connectivity index is 4.08. The monoisotopic (exact) mass is 775 g/mol. The Morgan fingerprint density at radius 2 is 0.868 bits per heavy atom. The number of hydrogen-bond donors (Lipinski definition) is 4. The third-order valence-electron chi connectivity index (χ3n) is 10.7. The molecule has 318 valence electrons. The highest BCUT2D eigenvalue weighted by Gasteiger charge is 2.27. The number of aliphatic hydroxyl groups excluding tert-OH is 1. The van der Waals surface area contributed by atoms with Crippen LogP contribution in [0.25, 0.3) is 0 Å². The van der Waals surface area contributed by atoms with E-state index in [4.69, 9.17) is 14.8 Å². The average molecular weight is 775 g/mol. The van der Waals surface area contributed by atoms with Crippen molar-refractivity contribution in [2.45, 2.75) is 257 Å². The summed E-state index contributed by atoms with van der Waals surface area (Å²) in [6.07, 6.45) is 43.9. The van der Waals surface area contributed by atoms with Crippen molar-refractivity contribution in [2.24, 2.45) is 5.73 Å². The van der Waals surface area contributed by atoms with Gasteiger partial charge in [-0.15, -0.1) is 0 Å². The van der Waals surface area contributed by atoms with E-state index >= 15 is 0 Å². The summed E-state index contributed by atoms with van der Waals surface area (Å²) in [5, 5.41) is 13.8. The molecule has 0 spiro atoms. The predicted molar refractivity (Wildman–Crippen MR) is 226 cm³/mol. The predicted octanol–water partition coefficient (Wildman–Crippen LogP) is 13.0. The normalized spacial score (nSPS) is 14.0. The van der Waals surface area contributed by atoms with Crippen molar-refractivity contribution < 1.29 is 28.4 Å². The van der Waals surface area contributed by atoms with Crippen LogP contribution in [0.4, 0.5) is 0 Å². The highest BCUT2D eigenvalue weighted by atomic mass is 31.2.